The molecule has 0 radical (unpaired) electrons. The normalized spacial score (nSPS) is 11.4. The fourth-order valence-electron chi connectivity index (χ4n) is 1.35. The Morgan fingerprint density at radius 2 is 2.12 bits per heavy atom. The van der Waals surface area contributed by atoms with Gasteiger partial charge in [0.25, 0.3) is 0 Å². The molecule has 1 rings (SSSR count). The molecule has 16 heavy (non-hydrogen) atoms. The van der Waals surface area contributed by atoms with Crippen molar-refractivity contribution < 1.29 is 15.0 Å². The quantitative estimate of drug-likeness (QED) is 0.709. The minimum Gasteiger partial charge on any atom is -0.507 e. The topological polar surface area (TPSA) is 83.6 Å². The number of carboxylic acids is 1. The van der Waals surface area contributed by atoms with Gasteiger partial charge in [-0.05, 0) is 18.6 Å². The molecule has 0 bridgehead atoms. The van der Waals surface area contributed by atoms with Gasteiger partial charge in [-0.1, -0.05) is 12.1 Å². The predicted octanol–water partition coefficient (Wildman–Crippen LogP) is 2.01. The van der Waals surface area contributed by atoms with E-state index in [0.717, 1.165) is 5.56 Å². The summed E-state index contributed by atoms with van der Waals surface area (Å²) in [7, 11) is 0. The maximum atomic E-state index is 10.8. The van der Waals surface area contributed by atoms with Gasteiger partial charge in [-0.2, -0.15) is 0 Å². The van der Waals surface area contributed by atoms with E-state index in [9.17, 15) is 9.90 Å². The molecule has 4 N–H and O–H groups in total. The summed E-state index contributed by atoms with van der Waals surface area (Å²) in [6.07, 6.45) is 1.44. The summed E-state index contributed by atoms with van der Waals surface area (Å²) in [6.45, 7) is 5.24. The number of hydrogen-bond donors (Lipinski definition) is 3. The summed E-state index contributed by atoms with van der Waals surface area (Å²) in [5, 5.41) is 18.5. The van der Waals surface area contributed by atoms with Gasteiger partial charge in [-0.3, -0.25) is 0 Å². The molecule has 0 saturated heterocycles. The number of nitrogens with two attached hydrogens (primary N) is 1. The first-order chi connectivity index (χ1) is 6.97. The zero-order valence-corrected chi connectivity index (χ0v) is 9.62. The van der Waals surface area contributed by atoms with Crippen molar-refractivity contribution in [3.63, 3.8) is 0 Å². The Kier molecular flexibility index (Phi) is 5.01. The summed E-state index contributed by atoms with van der Waals surface area (Å²) in [5.41, 5.74) is 6.64. The number of aromatic hydroxyl groups is 1. The zero-order valence-electron chi connectivity index (χ0n) is 8.80. The lowest BCUT2D eigenvalue weighted by atomic mass is 9.99. The van der Waals surface area contributed by atoms with E-state index in [-0.39, 0.29) is 23.7 Å². The molecule has 1 aromatic carbocycles. The lowest BCUT2D eigenvalue weighted by molar-refractivity contribution is 0.0693. The molecule has 0 aliphatic carbocycles. The number of hydrogen-bond acceptors (Lipinski definition) is 3. The van der Waals surface area contributed by atoms with Crippen molar-refractivity contribution in [2.45, 2.75) is 13.0 Å². The number of halogens is 1. The minimum atomic E-state index is -1.17. The van der Waals surface area contributed by atoms with Gasteiger partial charge in [-0.25, -0.2) is 4.79 Å². The maximum absolute atomic E-state index is 10.8. The second-order valence-electron chi connectivity index (χ2n) is 3.32. The molecule has 0 heterocycles. The van der Waals surface area contributed by atoms with Gasteiger partial charge < -0.3 is 15.9 Å². The Balaban J connectivity index is 0.00000225. The van der Waals surface area contributed by atoms with E-state index in [0.29, 0.717) is 5.56 Å². The van der Waals surface area contributed by atoms with Gasteiger partial charge in [0.05, 0.1) is 6.04 Å². The average molecular weight is 244 g/mol. The van der Waals surface area contributed by atoms with Crippen LogP contribution in [0.25, 0.3) is 0 Å². The molecule has 0 unspecified atom stereocenters. The molecule has 0 aromatic heterocycles. The van der Waals surface area contributed by atoms with E-state index in [2.05, 4.69) is 6.58 Å². The van der Waals surface area contributed by atoms with E-state index in [1.54, 1.807) is 13.0 Å². The smallest absolute Gasteiger partial charge is 0.339 e. The van der Waals surface area contributed by atoms with Crippen molar-refractivity contribution in [3.8, 4) is 5.75 Å². The molecule has 1 atom stereocenters. The standard InChI is InChI=1S/C11H13NO3.ClH/c1-3-9(12)7-4-6(2)5-8(10(7)13)11(14)15;/h3-5,9,13H,1,12H2,2H3,(H,14,15);1H/t9-;/m1./s1. The Morgan fingerprint density at radius 3 is 2.56 bits per heavy atom. The third-order valence-electron chi connectivity index (χ3n) is 2.13. The number of carbonyl (C=O) groups is 1. The first-order valence-electron chi connectivity index (χ1n) is 4.42. The Bertz CT molecular complexity index is 418. The molecule has 5 heteroatoms. The van der Waals surface area contributed by atoms with Crippen LogP contribution in [0, 0.1) is 6.92 Å². The van der Waals surface area contributed by atoms with Crippen LogP contribution in [-0.2, 0) is 0 Å². The first kappa shape index (κ1) is 14.5. The largest absolute Gasteiger partial charge is 0.507 e. The van der Waals surface area contributed by atoms with E-state index in [1.165, 1.54) is 12.1 Å². The molecule has 0 aliphatic heterocycles. The highest BCUT2D eigenvalue weighted by Crippen LogP contribution is 2.29. The number of aromatic carboxylic acids is 1. The summed E-state index contributed by atoms with van der Waals surface area (Å²) in [6, 6.07) is 2.48. The maximum Gasteiger partial charge on any atom is 0.339 e. The third-order valence-corrected chi connectivity index (χ3v) is 2.13. The van der Waals surface area contributed by atoms with Crippen molar-refractivity contribution in [2.75, 3.05) is 0 Å². The highest BCUT2D eigenvalue weighted by Gasteiger charge is 2.16. The Hall–Kier alpha value is -1.52. The Morgan fingerprint density at radius 1 is 1.56 bits per heavy atom. The molecular formula is C11H14ClNO3. The van der Waals surface area contributed by atoms with E-state index in [4.69, 9.17) is 10.8 Å². The molecular weight excluding hydrogens is 230 g/mol. The number of rotatable bonds is 3. The van der Waals surface area contributed by atoms with Crippen molar-refractivity contribution in [1.29, 1.82) is 0 Å². The highest BCUT2D eigenvalue weighted by atomic mass is 35.5. The van der Waals surface area contributed by atoms with Crippen LogP contribution in [0.4, 0.5) is 0 Å². The summed E-state index contributed by atoms with van der Waals surface area (Å²) in [4.78, 5) is 10.8. The van der Waals surface area contributed by atoms with Crippen LogP contribution in [0.3, 0.4) is 0 Å². The summed E-state index contributed by atoms with van der Waals surface area (Å²) in [5.74, 6) is -1.46. The van der Waals surface area contributed by atoms with Gasteiger partial charge >= 0.3 is 5.97 Å². The number of carboxylic acid groups (broad SMARTS) is 1. The Labute approximate surface area is 99.8 Å². The summed E-state index contributed by atoms with van der Waals surface area (Å²) >= 11 is 0. The molecule has 0 aliphatic rings. The first-order valence-corrected chi connectivity index (χ1v) is 4.42. The number of aryl methyl sites for hydroxylation is 1. The van der Waals surface area contributed by atoms with Gasteiger partial charge in [0, 0.05) is 5.56 Å². The second kappa shape index (κ2) is 5.53. The lowest BCUT2D eigenvalue weighted by Gasteiger charge is -2.12. The van der Waals surface area contributed by atoms with Crippen molar-refractivity contribution >= 4 is 18.4 Å². The van der Waals surface area contributed by atoms with Crippen LogP contribution in [0.15, 0.2) is 24.8 Å². The highest BCUT2D eigenvalue weighted by molar-refractivity contribution is 5.91. The van der Waals surface area contributed by atoms with Crippen molar-refractivity contribution in [3.05, 3.63) is 41.5 Å². The number of phenols is 1. The van der Waals surface area contributed by atoms with E-state index < -0.39 is 12.0 Å². The molecule has 0 saturated carbocycles. The zero-order chi connectivity index (χ0) is 11.6. The van der Waals surface area contributed by atoms with Gasteiger partial charge in [0.2, 0.25) is 0 Å². The van der Waals surface area contributed by atoms with Gasteiger partial charge in [-0.15, -0.1) is 19.0 Å². The fraction of sp³-hybridized carbons (Fsp3) is 0.182. The van der Waals surface area contributed by atoms with Crippen LogP contribution >= 0.6 is 12.4 Å². The summed E-state index contributed by atoms with van der Waals surface area (Å²) < 4.78 is 0. The van der Waals surface area contributed by atoms with Gasteiger partial charge in [0.15, 0.2) is 0 Å². The minimum absolute atomic E-state index is 0. The fourth-order valence-corrected chi connectivity index (χ4v) is 1.35. The van der Waals surface area contributed by atoms with E-state index >= 15 is 0 Å². The second-order valence-corrected chi connectivity index (χ2v) is 3.32. The third kappa shape index (κ3) is 2.74. The van der Waals surface area contributed by atoms with Crippen molar-refractivity contribution in [1.82, 2.24) is 0 Å². The molecule has 88 valence electrons. The molecule has 1 aromatic rings. The molecule has 4 nitrogen and oxygen atoms in total. The SMILES string of the molecule is C=C[C@@H](N)c1cc(C)cc(C(=O)O)c1O.Cl. The lowest BCUT2D eigenvalue weighted by Crippen LogP contribution is -2.09. The predicted molar refractivity (Wildman–Crippen MR) is 64.2 cm³/mol. The number of benzene rings is 1. The molecule has 0 spiro atoms. The van der Waals surface area contributed by atoms with Crippen LogP contribution in [0.1, 0.15) is 27.5 Å². The van der Waals surface area contributed by atoms with Crippen LogP contribution in [0.2, 0.25) is 0 Å². The van der Waals surface area contributed by atoms with Crippen molar-refractivity contribution in [2.24, 2.45) is 5.73 Å². The van der Waals surface area contributed by atoms with Crippen LogP contribution < -0.4 is 5.73 Å². The monoisotopic (exact) mass is 243 g/mol. The van der Waals surface area contributed by atoms with E-state index in [1.807, 2.05) is 0 Å². The molecule has 0 fully saturated rings. The molecule has 0 amide bonds. The van der Waals surface area contributed by atoms with Crippen LogP contribution in [0.5, 0.6) is 5.75 Å². The van der Waals surface area contributed by atoms with Crippen LogP contribution in [-0.4, -0.2) is 16.2 Å². The average Bonchev–Trinajstić information content (AvgIpc) is 2.19. The van der Waals surface area contributed by atoms with Gasteiger partial charge in [0.1, 0.15) is 11.3 Å².